The zero-order valence-electron chi connectivity index (χ0n) is 12.0. The second-order valence-corrected chi connectivity index (χ2v) is 4.82. The van der Waals surface area contributed by atoms with Crippen LogP contribution >= 0.6 is 0 Å². The van der Waals surface area contributed by atoms with Gasteiger partial charge in [-0.15, -0.1) is 0 Å². The highest BCUT2D eigenvalue weighted by Gasteiger charge is 2.24. The van der Waals surface area contributed by atoms with Crippen LogP contribution in [0.15, 0.2) is 24.3 Å². The number of methoxy groups -OCH3 is 2. The van der Waals surface area contributed by atoms with Crippen molar-refractivity contribution in [3.8, 4) is 5.75 Å². The van der Waals surface area contributed by atoms with Crippen LogP contribution in [0.25, 0.3) is 0 Å². The van der Waals surface area contributed by atoms with Gasteiger partial charge in [-0.25, -0.2) is 0 Å². The van der Waals surface area contributed by atoms with Gasteiger partial charge in [-0.1, -0.05) is 12.1 Å². The van der Waals surface area contributed by atoms with E-state index >= 15 is 0 Å². The summed E-state index contributed by atoms with van der Waals surface area (Å²) in [6.45, 7) is 1.95. The van der Waals surface area contributed by atoms with Crippen LogP contribution in [-0.4, -0.2) is 57.4 Å². The molecule has 1 aromatic rings. The van der Waals surface area contributed by atoms with Crippen LogP contribution in [0.4, 0.5) is 0 Å². The lowest BCUT2D eigenvalue weighted by atomic mass is 10.1. The van der Waals surface area contributed by atoms with Gasteiger partial charge in [0.2, 0.25) is 5.91 Å². The van der Waals surface area contributed by atoms with Crippen molar-refractivity contribution in [1.29, 1.82) is 0 Å². The highest BCUT2D eigenvalue weighted by molar-refractivity contribution is 5.77. The van der Waals surface area contributed by atoms with Crippen LogP contribution in [0.3, 0.4) is 0 Å². The van der Waals surface area contributed by atoms with E-state index < -0.39 is 0 Å². The van der Waals surface area contributed by atoms with Crippen molar-refractivity contribution < 1.29 is 19.0 Å². The largest absolute Gasteiger partial charge is 0.497 e. The minimum atomic E-state index is 0.0199. The van der Waals surface area contributed by atoms with Gasteiger partial charge in [-0.05, 0) is 17.7 Å². The lowest BCUT2D eigenvalue weighted by molar-refractivity contribution is -0.142. The molecule has 5 heteroatoms. The van der Waals surface area contributed by atoms with E-state index in [0.29, 0.717) is 19.7 Å². The van der Waals surface area contributed by atoms with Crippen LogP contribution < -0.4 is 4.74 Å². The Balaban J connectivity index is 1.93. The summed E-state index contributed by atoms with van der Waals surface area (Å²) >= 11 is 0. The summed E-state index contributed by atoms with van der Waals surface area (Å²) in [5.74, 6) is 0.858. The highest BCUT2D eigenvalue weighted by Crippen LogP contribution is 2.17. The summed E-state index contributed by atoms with van der Waals surface area (Å²) in [5, 5.41) is 0. The average molecular weight is 279 g/mol. The summed E-state index contributed by atoms with van der Waals surface area (Å²) in [4.78, 5) is 13.6. The number of benzene rings is 1. The Morgan fingerprint density at radius 1 is 1.45 bits per heavy atom. The van der Waals surface area contributed by atoms with Gasteiger partial charge in [0.15, 0.2) is 0 Å². The minimum Gasteiger partial charge on any atom is -0.497 e. The van der Waals surface area contributed by atoms with Crippen molar-refractivity contribution >= 4 is 5.91 Å². The van der Waals surface area contributed by atoms with Crippen LogP contribution in [0, 0.1) is 0 Å². The fourth-order valence-corrected chi connectivity index (χ4v) is 2.35. The number of carbonyl (C=O) groups excluding carboxylic acids is 1. The smallest absolute Gasteiger partial charge is 0.248 e. The van der Waals surface area contributed by atoms with Gasteiger partial charge in [0.25, 0.3) is 0 Å². The molecule has 1 amide bonds. The van der Waals surface area contributed by atoms with Crippen LogP contribution in [0.5, 0.6) is 5.75 Å². The number of ether oxygens (including phenoxy) is 3. The molecule has 1 fully saturated rings. The number of hydrogen-bond acceptors (Lipinski definition) is 4. The van der Waals surface area contributed by atoms with Crippen molar-refractivity contribution in [1.82, 2.24) is 4.90 Å². The predicted octanol–water partition coefficient (Wildman–Crippen LogP) is 1.11. The van der Waals surface area contributed by atoms with Crippen molar-refractivity contribution in [3.63, 3.8) is 0 Å². The van der Waals surface area contributed by atoms with Gasteiger partial charge in [-0.2, -0.15) is 0 Å². The first kappa shape index (κ1) is 14.8. The second kappa shape index (κ2) is 7.26. The molecule has 1 unspecified atom stereocenters. The number of carbonyl (C=O) groups is 1. The van der Waals surface area contributed by atoms with Crippen LogP contribution in [0.2, 0.25) is 0 Å². The van der Waals surface area contributed by atoms with Gasteiger partial charge < -0.3 is 19.1 Å². The third-order valence-electron chi connectivity index (χ3n) is 3.36. The molecule has 0 N–H and O–H groups in total. The third kappa shape index (κ3) is 3.95. The molecule has 1 saturated heterocycles. The second-order valence-electron chi connectivity index (χ2n) is 4.82. The molecule has 0 radical (unpaired) electrons. The number of nitrogens with zero attached hydrogens (tertiary/aromatic N) is 1. The third-order valence-corrected chi connectivity index (χ3v) is 3.36. The maximum absolute atomic E-state index is 11.8. The van der Waals surface area contributed by atoms with Crippen LogP contribution in [0.1, 0.15) is 5.56 Å². The molecular weight excluding hydrogens is 258 g/mol. The number of hydrogen-bond donors (Lipinski definition) is 0. The maximum Gasteiger partial charge on any atom is 0.248 e. The zero-order valence-corrected chi connectivity index (χ0v) is 12.0. The maximum atomic E-state index is 11.8. The number of morpholine rings is 1. The van der Waals surface area contributed by atoms with E-state index in [1.165, 1.54) is 7.11 Å². The van der Waals surface area contributed by atoms with Crippen molar-refractivity contribution in [2.45, 2.75) is 12.5 Å². The minimum absolute atomic E-state index is 0.0199. The number of rotatable bonds is 5. The predicted molar refractivity (Wildman–Crippen MR) is 74.9 cm³/mol. The van der Waals surface area contributed by atoms with Gasteiger partial charge >= 0.3 is 0 Å². The Morgan fingerprint density at radius 2 is 2.30 bits per heavy atom. The summed E-state index contributed by atoms with van der Waals surface area (Å²) in [7, 11) is 3.19. The molecule has 0 bridgehead atoms. The molecule has 1 atom stereocenters. The number of amides is 1. The van der Waals surface area contributed by atoms with E-state index in [2.05, 4.69) is 0 Å². The molecule has 1 aliphatic heterocycles. The Morgan fingerprint density at radius 3 is 3.05 bits per heavy atom. The van der Waals surface area contributed by atoms with Crippen molar-refractivity contribution in [2.75, 3.05) is 40.5 Å². The molecule has 0 saturated carbocycles. The van der Waals surface area contributed by atoms with Gasteiger partial charge in [-0.3, -0.25) is 4.79 Å². The fraction of sp³-hybridized carbons (Fsp3) is 0.533. The monoisotopic (exact) mass is 279 g/mol. The molecule has 0 spiro atoms. The van der Waals surface area contributed by atoms with Crippen molar-refractivity contribution in [2.24, 2.45) is 0 Å². The Hall–Kier alpha value is -1.59. The first-order chi connectivity index (χ1) is 9.72. The standard InChI is InChI=1S/C15H21NO4/c1-18-11-15(17)16-6-7-20-14(10-16)9-12-4-3-5-13(8-12)19-2/h3-5,8,14H,6-7,9-11H2,1-2H3. The zero-order chi connectivity index (χ0) is 14.4. The lowest BCUT2D eigenvalue weighted by Gasteiger charge is -2.33. The Kier molecular flexibility index (Phi) is 5.38. The van der Waals surface area contributed by atoms with E-state index in [1.807, 2.05) is 24.3 Å². The molecule has 1 heterocycles. The molecule has 5 nitrogen and oxygen atoms in total. The van der Waals surface area contributed by atoms with Gasteiger partial charge in [0.1, 0.15) is 12.4 Å². The van der Waals surface area contributed by atoms with Gasteiger partial charge in [0, 0.05) is 26.6 Å². The normalized spacial score (nSPS) is 18.9. The first-order valence-electron chi connectivity index (χ1n) is 6.74. The molecule has 2 rings (SSSR count). The van der Waals surface area contributed by atoms with Crippen LogP contribution in [-0.2, 0) is 20.7 Å². The molecule has 0 aliphatic carbocycles. The van der Waals surface area contributed by atoms with Gasteiger partial charge in [0.05, 0.1) is 19.8 Å². The average Bonchev–Trinajstić information content (AvgIpc) is 2.48. The fourth-order valence-electron chi connectivity index (χ4n) is 2.35. The highest BCUT2D eigenvalue weighted by atomic mass is 16.5. The Bertz CT molecular complexity index is 449. The molecule has 1 aliphatic rings. The molecule has 20 heavy (non-hydrogen) atoms. The summed E-state index contributed by atoms with van der Waals surface area (Å²) in [5.41, 5.74) is 1.15. The lowest BCUT2D eigenvalue weighted by Crippen LogP contribution is -2.47. The quantitative estimate of drug-likeness (QED) is 0.810. The van der Waals surface area contributed by atoms with E-state index in [9.17, 15) is 4.79 Å². The summed E-state index contributed by atoms with van der Waals surface area (Å²) in [6.07, 6.45) is 0.796. The molecule has 110 valence electrons. The first-order valence-corrected chi connectivity index (χ1v) is 6.74. The molecule has 1 aromatic carbocycles. The van der Waals surface area contributed by atoms with E-state index in [-0.39, 0.29) is 18.6 Å². The molecule has 0 aromatic heterocycles. The SMILES string of the molecule is COCC(=O)N1CCOC(Cc2cccc(OC)c2)C1. The topological polar surface area (TPSA) is 48.0 Å². The summed E-state index contributed by atoms with van der Waals surface area (Å²) < 4.78 is 15.8. The van der Waals surface area contributed by atoms with E-state index in [1.54, 1.807) is 12.0 Å². The summed E-state index contributed by atoms with van der Waals surface area (Å²) in [6, 6.07) is 7.92. The molecular formula is C15H21NO4. The van der Waals surface area contributed by atoms with Crippen molar-refractivity contribution in [3.05, 3.63) is 29.8 Å². The van der Waals surface area contributed by atoms with E-state index in [0.717, 1.165) is 17.7 Å². The van der Waals surface area contributed by atoms with E-state index in [4.69, 9.17) is 14.2 Å². The Labute approximate surface area is 119 Å².